The van der Waals surface area contributed by atoms with E-state index in [9.17, 15) is 5.11 Å². The van der Waals surface area contributed by atoms with E-state index in [4.69, 9.17) is 21.6 Å². The van der Waals surface area contributed by atoms with Crippen molar-refractivity contribution in [2.45, 2.75) is 19.6 Å². The van der Waals surface area contributed by atoms with Gasteiger partial charge in [-0.2, -0.15) is 5.26 Å². The maximum absolute atomic E-state index is 9.69. The molecule has 0 heterocycles. The van der Waals surface area contributed by atoms with Crippen molar-refractivity contribution in [3.8, 4) is 11.8 Å². The Labute approximate surface area is 123 Å². The van der Waals surface area contributed by atoms with Gasteiger partial charge in [-0.05, 0) is 36.2 Å². The molecule has 20 heavy (non-hydrogen) atoms. The van der Waals surface area contributed by atoms with E-state index in [1.807, 2.05) is 37.3 Å². The topological polar surface area (TPSA) is 53.2 Å². The lowest BCUT2D eigenvalue weighted by Gasteiger charge is -2.13. The highest BCUT2D eigenvalue weighted by Gasteiger charge is 2.12. The lowest BCUT2D eigenvalue weighted by Crippen LogP contribution is -2.04. The highest BCUT2D eigenvalue weighted by atomic mass is 35.5. The quantitative estimate of drug-likeness (QED) is 0.871. The van der Waals surface area contributed by atoms with Gasteiger partial charge in [0.2, 0.25) is 0 Å². The van der Waals surface area contributed by atoms with Gasteiger partial charge in [-0.25, -0.2) is 0 Å². The second-order valence-corrected chi connectivity index (χ2v) is 4.87. The van der Waals surface area contributed by atoms with Crippen molar-refractivity contribution >= 4 is 11.6 Å². The Morgan fingerprint density at radius 2 is 2.05 bits per heavy atom. The van der Waals surface area contributed by atoms with Crippen molar-refractivity contribution in [3.63, 3.8) is 0 Å². The third-order valence-corrected chi connectivity index (χ3v) is 3.23. The molecule has 2 aromatic rings. The maximum Gasteiger partial charge on any atom is 0.166 e. The first-order chi connectivity index (χ1) is 9.61. The van der Waals surface area contributed by atoms with Crippen molar-refractivity contribution < 1.29 is 9.84 Å². The molecule has 0 fully saturated rings. The maximum atomic E-state index is 9.69. The Bertz CT molecular complexity index is 649. The van der Waals surface area contributed by atoms with Crippen molar-refractivity contribution in [1.29, 1.82) is 5.26 Å². The number of para-hydroxylation sites is 1. The number of hydrogen-bond acceptors (Lipinski definition) is 3. The number of rotatable bonds is 4. The molecule has 1 N–H and O–H groups in total. The lowest BCUT2D eigenvalue weighted by molar-refractivity contribution is 0.229. The summed E-state index contributed by atoms with van der Waals surface area (Å²) in [5.41, 5.74) is 2.25. The van der Waals surface area contributed by atoms with Crippen molar-refractivity contribution in [2.75, 3.05) is 0 Å². The summed E-state index contributed by atoms with van der Waals surface area (Å²) in [6.45, 7) is 2.21. The lowest BCUT2D eigenvalue weighted by atomic mass is 10.0. The molecule has 0 saturated heterocycles. The number of nitrogens with zero attached hydrogens (tertiary/aromatic N) is 1. The third kappa shape index (κ3) is 3.30. The van der Waals surface area contributed by atoms with E-state index in [1.165, 1.54) is 0 Å². The van der Waals surface area contributed by atoms with Gasteiger partial charge in [-0.3, -0.25) is 0 Å². The predicted octanol–water partition coefficient (Wildman–Crippen LogP) is 3.78. The van der Waals surface area contributed by atoms with Crippen LogP contribution in [0.3, 0.4) is 0 Å². The molecule has 0 bridgehead atoms. The molecule has 0 radical (unpaired) electrons. The van der Waals surface area contributed by atoms with Gasteiger partial charge in [0.15, 0.2) is 6.10 Å². The van der Waals surface area contributed by atoms with Crippen LogP contribution in [0.2, 0.25) is 5.02 Å². The number of nitriles is 1. The summed E-state index contributed by atoms with van der Waals surface area (Å²) in [5.74, 6) is 0.768. The molecule has 0 spiro atoms. The molecule has 0 amide bonds. The third-order valence-electron chi connectivity index (χ3n) is 3.00. The summed E-state index contributed by atoms with van der Waals surface area (Å²) in [5, 5.41) is 19.1. The summed E-state index contributed by atoms with van der Waals surface area (Å²) < 4.78 is 5.73. The first-order valence-corrected chi connectivity index (χ1v) is 6.54. The molecule has 2 aromatic carbocycles. The van der Waals surface area contributed by atoms with E-state index in [2.05, 4.69) is 0 Å². The highest BCUT2D eigenvalue weighted by molar-refractivity contribution is 6.30. The average Bonchev–Trinajstić information content (AvgIpc) is 2.46. The van der Waals surface area contributed by atoms with E-state index < -0.39 is 6.10 Å². The normalized spacial score (nSPS) is 11.7. The molecule has 3 nitrogen and oxygen atoms in total. The van der Waals surface area contributed by atoms with Gasteiger partial charge in [0.1, 0.15) is 12.4 Å². The average molecular weight is 288 g/mol. The van der Waals surface area contributed by atoms with E-state index in [0.29, 0.717) is 16.1 Å². The smallest absolute Gasteiger partial charge is 0.166 e. The molecule has 2 rings (SSSR count). The second kappa shape index (κ2) is 6.42. The molecular weight excluding hydrogens is 274 g/mol. The molecule has 0 saturated carbocycles. The molecule has 1 unspecified atom stereocenters. The summed E-state index contributed by atoms with van der Waals surface area (Å²) >= 11 is 5.96. The van der Waals surface area contributed by atoms with Gasteiger partial charge >= 0.3 is 0 Å². The Balaban J connectivity index is 2.23. The van der Waals surface area contributed by atoms with Crippen LogP contribution in [0.15, 0.2) is 42.5 Å². The fourth-order valence-corrected chi connectivity index (χ4v) is 2.10. The summed E-state index contributed by atoms with van der Waals surface area (Å²) in [4.78, 5) is 0. The zero-order valence-corrected chi connectivity index (χ0v) is 11.8. The molecular formula is C16H14ClNO2. The number of benzene rings is 2. The monoisotopic (exact) mass is 287 g/mol. The first-order valence-electron chi connectivity index (χ1n) is 6.16. The van der Waals surface area contributed by atoms with E-state index >= 15 is 0 Å². The van der Waals surface area contributed by atoms with Crippen LogP contribution in [-0.2, 0) is 6.61 Å². The molecule has 1 atom stereocenters. The summed E-state index contributed by atoms with van der Waals surface area (Å²) in [7, 11) is 0. The molecule has 0 aromatic heterocycles. The SMILES string of the molecule is Cc1ccccc1OCc1cc(Cl)ccc1C(O)C#N. The highest BCUT2D eigenvalue weighted by Crippen LogP contribution is 2.24. The fraction of sp³-hybridized carbons (Fsp3) is 0.188. The summed E-state index contributed by atoms with van der Waals surface area (Å²) in [6, 6.07) is 14.5. The minimum atomic E-state index is -1.18. The molecule has 4 heteroatoms. The zero-order valence-electron chi connectivity index (χ0n) is 11.0. The van der Waals surface area contributed by atoms with E-state index in [1.54, 1.807) is 18.2 Å². The van der Waals surface area contributed by atoms with E-state index in [0.717, 1.165) is 11.3 Å². The Morgan fingerprint density at radius 1 is 1.30 bits per heavy atom. The van der Waals surface area contributed by atoms with Crippen LogP contribution < -0.4 is 4.74 Å². The van der Waals surface area contributed by atoms with Crippen LogP contribution in [0.1, 0.15) is 22.8 Å². The minimum absolute atomic E-state index is 0.249. The standard InChI is InChI=1S/C16H14ClNO2/c1-11-4-2-3-5-16(11)20-10-12-8-13(17)6-7-14(12)15(19)9-18/h2-8,15,19H,10H2,1H3. The Morgan fingerprint density at radius 3 is 2.75 bits per heavy atom. The predicted molar refractivity (Wildman–Crippen MR) is 77.5 cm³/mol. The van der Waals surface area contributed by atoms with Crippen molar-refractivity contribution in [1.82, 2.24) is 0 Å². The molecule has 0 aliphatic heterocycles. The van der Waals surface area contributed by atoms with Crippen LogP contribution in [0.4, 0.5) is 0 Å². The number of ether oxygens (including phenoxy) is 1. The van der Waals surface area contributed by atoms with Crippen LogP contribution >= 0.6 is 11.6 Å². The molecule has 0 aliphatic rings. The van der Waals surface area contributed by atoms with Gasteiger partial charge in [-0.1, -0.05) is 35.9 Å². The van der Waals surface area contributed by atoms with Crippen molar-refractivity contribution in [3.05, 3.63) is 64.2 Å². The molecule has 102 valence electrons. The van der Waals surface area contributed by atoms with E-state index in [-0.39, 0.29) is 6.61 Å². The zero-order chi connectivity index (χ0) is 14.5. The first kappa shape index (κ1) is 14.4. The molecule has 0 aliphatic carbocycles. The number of hydrogen-bond donors (Lipinski definition) is 1. The minimum Gasteiger partial charge on any atom is -0.489 e. The van der Waals surface area contributed by atoms with Gasteiger partial charge in [0.05, 0.1) is 6.07 Å². The fourth-order valence-electron chi connectivity index (χ4n) is 1.91. The van der Waals surface area contributed by atoms with Crippen LogP contribution in [0.5, 0.6) is 5.75 Å². The van der Waals surface area contributed by atoms with Crippen LogP contribution in [0, 0.1) is 18.3 Å². The van der Waals surface area contributed by atoms with Crippen LogP contribution in [-0.4, -0.2) is 5.11 Å². The van der Waals surface area contributed by atoms with Gasteiger partial charge in [0.25, 0.3) is 0 Å². The largest absolute Gasteiger partial charge is 0.489 e. The van der Waals surface area contributed by atoms with Crippen molar-refractivity contribution in [2.24, 2.45) is 0 Å². The number of aliphatic hydroxyl groups excluding tert-OH is 1. The number of aryl methyl sites for hydroxylation is 1. The summed E-state index contributed by atoms with van der Waals surface area (Å²) in [6.07, 6.45) is -1.18. The second-order valence-electron chi connectivity index (χ2n) is 4.43. The van der Waals surface area contributed by atoms with Gasteiger partial charge in [0, 0.05) is 10.6 Å². The van der Waals surface area contributed by atoms with Gasteiger partial charge < -0.3 is 9.84 Å². The number of aliphatic hydroxyl groups is 1. The van der Waals surface area contributed by atoms with Crippen LogP contribution in [0.25, 0.3) is 0 Å². The number of halogens is 1. The van der Waals surface area contributed by atoms with Gasteiger partial charge in [-0.15, -0.1) is 0 Å². The Hall–Kier alpha value is -2.02. The Kier molecular flexibility index (Phi) is 4.62.